The molecule has 0 fully saturated rings. The number of rotatable bonds is 4. The Morgan fingerprint density at radius 3 is 2.67 bits per heavy atom. The van der Waals surface area contributed by atoms with Crippen molar-refractivity contribution in [3.63, 3.8) is 0 Å². The topological polar surface area (TPSA) is 0 Å². The monoisotopic (exact) mass is 134 g/mol. The largest absolute Gasteiger partial charge is 0.247 e. The summed E-state index contributed by atoms with van der Waals surface area (Å²) in [5.41, 5.74) is 0. The normalized spacial score (nSPS) is 14.6. The molecule has 0 nitrogen and oxygen atoms in total. The average Bonchev–Trinajstić information content (AvgIpc) is 1.85. The van der Waals surface area contributed by atoms with Crippen molar-refractivity contribution >= 4 is 0 Å². The summed E-state index contributed by atoms with van der Waals surface area (Å²) >= 11 is 0. The maximum atomic E-state index is 12.3. The summed E-state index contributed by atoms with van der Waals surface area (Å²) in [5.74, 6) is 0. The summed E-state index contributed by atoms with van der Waals surface area (Å²) in [7, 11) is 0. The van der Waals surface area contributed by atoms with Gasteiger partial charge in [0.2, 0.25) is 0 Å². The Hall–Kier alpha value is -0.400. The molecule has 0 aromatic rings. The molecule has 0 aromatic carbocycles. The number of hydrogen-bond acceptors (Lipinski definition) is 0. The first-order valence-electron chi connectivity index (χ1n) is 3.18. The van der Waals surface area contributed by atoms with Crippen LogP contribution in [0.4, 0.5) is 8.78 Å². The van der Waals surface area contributed by atoms with Crippen LogP contribution in [-0.2, 0) is 0 Å². The van der Waals surface area contributed by atoms with Crippen LogP contribution < -0.4 is 0 Å². The van der Waals surface area contributed by atoms with Crippen LogP contribution in [0.1, 0.15) is 19.8 Å². The Morgan fingerprint density at radius 1 is 1.56 bits per heavy atom. The van der Waals surface area contributed by atoms with Crippen LogP contribution in [0, 0.1) is 0 Å². The fourth-order valence-electron chi connectivity index (χ4n) is 0.571. The number of alkyl halides is 2. The van der Waals surface area contributed by atoms with Gasteiger partial charge in [0.25, 0.3) is 0 Å². The van der Waals surface area contributed by atoms with Gasteiger partial charge in [0.1, 0.15) is 12.8 Å². The molecular formula is C7H12F2. The minimum Gasteiger partial charge on any atom is -0.247 e. The van der Waals surface area contributed by atoms with Gasteiger partial charge in [-0.25, -0.2) is 8.78 Å². The third-order valence-electron chi connectivity index (χ3n) is 0.998. The lowest BCUT2D eigenvalue weighted by Gasteiger charge is -1.96. The van der Waals surface area contributed by atoms with E-state index in [4.69, 9.17) is 0 Å². The van der Waals surface area contributed by atoms with E-state index in [9.17, 15) is 8.78 Å². The molecule has 0 bridgehead atoms. The van der Waals surface area contributed by atoms with E-state index >= 15 is 0 Å². The Balaban J connectivity index is 3.25. The highest BCUT2D eigenvalue weighted by atomic mass is 19.1. The maximum absolute atomic E-state index is 12.3. The number of allylic oxidation sites excluding steroid dienone is 2. The molecule has 0 spiro atoms. The van der Waals surface area contributed by atoms with Crippen molar-refractivity contribution in [1.29, 1.82) is 0 Å². The van der Waals surface area contributed by atoms with Crippen molar-refractivity contribution in [3.8, 4) is 0 Å². The molecule has 0 aliphatic rings. The molecule has 0 N–H and O–H groups in total. The van der Waals surface area contributed by atoms with Crippen molar-refractivity contribution in [3.05, 3.63) is 12.2 Å². The van der Waals surface area contributed by atoms with Crippen molar-refractivity contribution in [2.45, 2.75) is 25.9 Å². The van der Waals surface area contributed by atoms with E-state index in [-0.39, 0.29) is 0 Å². The fourth-order valence-corrected chi connectivity index (χ4v) is 0.571. The highest BCUT2D eigenvalue weighted by Gasteiger charge is 1.96. The summed E-state index contributed by atoms with van der Waals surface area (Å²) in [6.07, 6.45) is 2.82. The Kier molecular flexibility index (Phi) is 5.48. The van der Waals surface area contributed by atoms with E-state index in [0.29, 0.717) is 6.42 Å². The Bertz CT molecular complexity index is 79.0. The van der Waals surface area contributed by atoms with Gasteiger partial charge in [-0.2, -0.15) is 0 Å². The molecule has 0 aromatic heterocycles. The SMILES string of the molecule is CCCC(F)/C=C\CF. The Labute approximate surface area is 54.6 Å². The zero-order chi connectivity index (χ0) is 7.11. The predicted octanol–water partition coefficient (Wildman–Crippen LogP) is 2.65. The van der Waals surface area contributed by atoms with Crippen molar-refractivity contribution in [2.75, 3.05) is 6.67 Å². The second kappa shape index (κ2) is 5.73. The molecule has 1 unspecified atom stereocenters. The van der Waals surface area contributed by atoms with Crippen LogP contribution in [0.25, 0.3) is 0 Å². The van der Waals surface area contributed by atoms with Gasteiger partial charge in [-0.05, 0) is 6.42 Å². The summed E-state index contributed by atoms with van der Waals surface area (Å²) < 4.78 is 23.7. The van der Waals surface area contributed by atoms with Gasteiger partial charge in [-0.1, -0.05) is 25.5 Å². The van der Waals surface area contributed by atoms with E-state index in [1.165, 1.54) is 12.2 Å². The minimum atomic E-state index is -0.953. The maximum Gasteiger partial charge on any atom is 0.118 e. The van der Waals surface area contributed by atoms with E-state index < -0.39 is 12.8 Å². The lowest BCUT2D eigenvalue weighted by Crippen LogP contribution is -1.92. The van der Waals surface area contributed by atoms with Crippen molar-refractivity contribution in [1.82, 2.24) is 0 Å². The molecule has 0 saturated carbocycles. The van der Waals surface area contributed by atoms with E-state index in [1.807, 2.05) is 6.92 Å². The first-order valence-corrected chi connectivity index (χ1v) is 3.18. The molecular weight excluding hydrogens is 122 g/mol. The smallest absolute Gasteiger partial charge is 0.118 e. The zero-order valence-electron chi connectivity index (χ0n) is 5.61. The van der Waals surface area contributed by atoms with Crippen LogP contribution in [0.2, 0.25) is 0 Å². The van der Waals surface area contributed by atoms with Crippen LogP contribution in [0.5, 0.6) is 0 Å². The first-order chi connectivity index (χ1) is 4.31. The third-order valence-corrected chi connectivity index (χ3v) is 0.998. The van der Waals surface area contributed by atoms with E-state index in [1.54, 1.807) is 0 Å². The molecule has 0 aliphatic heterocycles. The molecule has 0 heterocycles. The Morgan fingerprint density at radius 2 is 2.22 bits per heavy atom. The number of hydrogen-bond donors (Lipinski definition) is 0. The van der Waals surface area contributed by atoms with Crippen LogP contribution in [-0.4, -0.2) is 12.8 Å². The van der Waals surface area contributed by atoms with Gasteiger partial charge >= 0.3 is 0 Å². The quantitative estimate of drug-likeness (QED) is 0.518. The standard InChI is InChI=1S/C7H12F2/c1-2-4-7(9)5-3-6-8/h3,5,7H,2,4,6H2,1H3/b5-3-. The van der Waals surface area contributed by atoms with Crippen molar-refractivity contribution in [2.24, 2.45) is 0 Å². The molecule has 0 radical (unpaired) electrons. The lowest BCUT2D eigenvalue weighted by molar-refractivity contribution is 0.374. The predicted molar refractivity (Wildman–Crippen MR) is 34.9 cm³/mol. The molecule has 2 heteroatoms. The summed E-state index contributed by atoms with van der Waals surface area (Å²) in [6.45, 7) is 1.33. The van der Waals surface area contributed by atoms with Gasteiger partial charge in [-0.15, -0.1) is 0 Å². The second-order valence-electron chi connectivity index (χ2n) is 1.89. The van der Waals surface area contributed by atoms with Crippen LogP contribution in [0.3, 0.4) is 0 Å². The molecule has 54 valence electrons. The van der Waals surface area contributed by atoms with Gasteiger partial charge in [-0.3, -0.25) is 0 Å². The summed E-state index contributed by atoms with van der Waals surface area (Å²) in [6, 6.07) is 0. The summed E-state index contributed by atoms with van der Waals surface area (Å²) in [5, 5.41) is 0. The van der Waals surface area contributed by atoms with Crippen LogP contribution in [0.15, 0.2) is 12.2 Å². The summed E-state index contributed by atoms with van der Waals surface area (Å²) in [4.78, 5) is 0. The highest BCUT2D eigenvalue weighted by molar-refractivity contribution is 4.87. The molecule has 0 saturated heterocycles. The van der Waals surface area contributed by atoms with Gasteiger partial charge in [0.05, 0.1) is 0 Å². The van der Waals surface area contributed by atoms with Gasteiger partial charge in [0, 0.05) is 0 Å². The highest BCUT2D eigenvalue weighted by Crippen LogP contribution is 2.02. The van der Waals surface area contributed by atoms with E-state index in [2.05, 4.69) is 0 Å². The zero-order valence-corrected chi connectivity index (χ0v) is 5.61. The van der Waals surface area contributed by atoms with Crippen LogP contribution >= 0.6 is 0 Å². The lowest BCUT2D eigenvalue weighted by atomic mass is 10.2. The fraction of sp³-hybridized carbons (Fsp3) is 0.714. The van der Waals surface area contributed by atoms with Crippen molar-refractivity contribution < 1.29 is 8.78 Å². The third kappa shape index (κ3) is 5.47. The molecule has 0 aliphatic carbocycles. The molecule has 0 rings (SSSR count). The minimum absolute atomic E-state index is 0.497. The second-order valence-corrected chi connectivity index (χ2v) is 1.89. The molecule has 1 atom stereocenters. The first kappa shape index (κ1) is 8.60. The number of halogens is 2. The van der Waals surface area contributed by atoms with Gasteiger partial charge < -0.3 is 0 Å². The molecule has 0 amide bonds. The molecule has 9 heavy (non-hydrogen) atoms. The van der Waals surface area contributed by atoms with E-state index in [0.717, 1.165) is 6.42 Å². The van der Waals surface area contributed by atoms with Gasteiger partial charge in [0.15, 0.2) is 0 Å². The average molecular weight is 134 g/mol.